The molecule has 0 heterocycles. The predicted molar refractivity (Wildman–Crippen MR) is 81.0 cm³/mol. The van der Waals surface area contributed by atoms with E-state index in [-0.39, 0.29) is 0 Å². The summed E-state index contributed by atoms with van der Waals surface area (Å²) in [4.78, 5) is 11.5. The number of hydrogen-bond donors (Lipinski definition) is 1. The number of esters is 1. The van der Waals surface area contributed by atoms with Crippen molar-refractivity contribution in [3.63, 3.8) is 0 Å². The van der Waals surface area contributed by atoms with Crippen molar-refractivity contribution in [3.8, 4) is 0 Å². The molecule has 0 radical (unpaired) electrons. The monoisotopic (exact) mass is 287 g/mol. The first kappa shape index (κ1) is 15.0. The summed E-state index contributed by atoms with van der Waals surface area (Å²) in [5.74, 6) is -0.877. The minimum atomic E-state index is -0.482. The third-order valence-corrected chi connectivity index (χ3v) is 3.36. The van der Waals surface area contributed by atoms with Gasteiger partial charge in [-0.05, 0) is 43.2 Å². The molecule has 0 aliphatic carbocycles. The van der Waals surface area contributed by atoms with Gasteiger partial charge in [-0.2, -0.15) is 0 Å². The Balaban J connectivity index is 2.19. The van der Waals surface area contributed by atoms with Crippen LogP contribution in [0.1, 0.15) is 27.0 Å². The van der Waals surface area contributed by atoms with Crippen molar-refractivity contribution in [3.05, 3.63) is 64.5 Å². The number of rotatable bonds is 4. The number of nitrogens with one attached hydrogen (secondary N) is 1. The Morgan fingerprint density at radius 2 is 1.95 bits per heavy atom. The number of hydrogen-bond acceptors (Lipinski definition) is 3. The first-order valence-electron chi connectivity index (χ1n) is 6.69. The smallest absolute Gasteiger partial charge is 0.337 e. The van der Waals surface area contributed by atoms with Crippen molar-refractivity contribution in [2.24, 2.45) is 0 Å². The van der Waals surface area contributed by atoms with Gasteiger partial charge in [-0.25, -0.2) is 9.18 Å². The summed E-state index contributed by atoms with van der Waals surface area (Å²) in [7, 11) is 1.30. The zero-order valence-corrected chi connectivity index (χ0v) is 12.4. The molecule has 0 fully saturated rings. The van der Waals surface area contributed by atoms with Crippen LogP contribution in [0, 0.1) is 19.7 Å². The van der Waals surface area contributed by atoms with Gasteiger partial charge < -0.3 is 10.1 Å². The number of benzene rings is 2. The molecule has 0 aromatic heterocycles. The molecule has 0 aliphatic rings. The van der Waals surface area contributed by atoms with Gasteiger partial charge in [0.05, 0.1) is 18.4 Å². The van der Waals surface area contributed by atoms with Gasteiger partial charge in [0, 0.05) is 6.54 Å². The Morgan fingerprint density at radius 3 is 2.67 bits per heavy atom. The first-order chi connectivity index (χ1) is 10.0. The molecular formula is C17H18FNO2. The normalized spacial score (nSPS) is 10.3. The molecule has 1 N–H and O–H groups in total. The quantitative estimate of drug-likeness (QED) is 0.868. The van der Waals surface area contributed by atoms with Gasteiger partial charge in [0.25, 0.3) is 0 Å². The molecule has 4 heteroatoms. The fourth-order valence-electron chi connectivity index (χ4n) is 2.09. The standard InChI is InChI=1S/C17H18FNO2/c1-11-4-5-12(2)14(8-11)10-19-16-9-13(17(20)21-3)6-7-15(16)18/h4-9,19H,10H2,1-3H3. The van der Waals surface area contributed by atoms with Crippen LogP contribution in [0.5, 0.6) is 0 Å². The maximum absolute atomic E-state index is 13.8. The van der Waals surface area contributed by atoms with Crippen molar-refractivity contribution in [1.82, 2.24) is 0 Å². The molecular weight excluding hydrogens is 269 g/mol. The average Bonchev–Trinajstić information content (AvgIpc) is 2.48. The van der Waals surface area contributed by atoms with E-state index in [9.17, 15) is 9.18 Å². The Hall–Kier alpha value is -2.36. The van der Waals surface area contributed by atoms with Gasteiger partial charge >= 0.3 is 5.97 Å². The van der Waals surface area contributed by atoms with Crippen molar-refractivity contribution in [2.45, 2.75) is 20.4 Å². The Morgan fingerprint density at radius 1 is 1.19 bits per heavy atom. The number of carbonyl (C=O) groups excluding carboxylic acids is 1. The minimum Gasteiger partial charge on any atom is -0.465 e. The van der Waals surface area contributed by atoms with Crippen molar-refractivity contribution >= 4 is 11.7 Å². The molecule has 0 saturated heterocycles. The van der Waals surface area contributed by atoms with Gasteiger partial charge in [0.1, 0.15) is 5.82 Å². The number of anilines is 1. The molecule has 2 aromatic rings. The fourth-order valence-corrected chi connectivity index (χ4v) is 2.09. The lowest BCUT2D eigenvalue weighted by molar-refractivity contribution is 0.0600. The maximum atomic E-state index is 13.8. The van der Waals surface area contributed by atoms with Gasteiger partial charge in [0.15, 0.2) is 0 Å². The molecule has 0 spiro atoms. The number of methoxy groups -OCH3 is 1. The van der Waals surface area contributed by atoms with Crippen LogP contribution in [0.25, 0.3) is 0 Å². The maximum Gasteiger partial charge on any atom is 0.337 e. The van der Waals surface area contributed by atoms with E-state index in [0.29, 0.717) is 17.8 Å². The van der Waals surface area contributed by atoms with E-state index in [1.807, 2.05) is 26.0 Å². The Kier molecular flexibility index (Phi) is 4.58. The van der Waals surface area contributed by atoms with E-state index in [0.717, 1.165) is 16.7 Å². The highest BCUT2D eigenvalue weighted by Gasteiger charge is 2.10. The highest BCUT2D eigenvalue weighted by atomic mass is 19.1. The van der Waals surface area contributed by atoms with Crippen molar-refractivity contribution < 1.29 is 13.9 Å². The zero-order valence-electron chi connectivity index (χ0n) is 12.4. The SMILES string of the molecule is COC(=O)c1ccc(F)c(NCc2cc(C)ccc2C)c1. The lowest BCUT2D eigenvalue weighted by Gasteiger charge is -2.11. The van der Waals surface area contributed by atoms with E-state index in [1.165, 1.54) is 25.3 Å². The number of halogens is 1. The number of ether oxygens (including phenoxy) is 1. The highest BCUT2D eigenvalue weighted by Crippen LogP contribution is 2.19. The van der Waals surface area contributed by atoms with Crippen LogP contribution in [0.3, 0.4) is 0 Å². The van der Waals surface area contributed by atoms with E-state index in [2.05, 4.69) is 16.1 Å². The minimum absolute atomic E-state index is 0.291. The number of carbonyl (C=O) groups is 1. The van der Waals surface area contributed by atoms with E-state index in [4.69, 9.17) is 0 Å². The molecule has 21 heavy (non-hydrogen) atoms. The third-order valence-electron chi connectivity index (χ3n) is 3.36. The molecule has 2 aromatic carbocycles. The van der Waals surface area contributed by atoms with Gasteiger partial charge in [0.2, 0.25) is 0 Å². The van der Waals surface area contributed by atoms with Crippen LogP contribution in [0.15, 0.2) is 36.4 Å². The van der Waals surface area contributed by atoms with E-state index in [1.54, 1.807) is 0 Å². The largest absolute Gasteiger partial charge is 0.465 e. The lowest BCUT2D eigenvalue weighted by atomic mass is 10.1. The lowest BCUT2D eigenvalue weighted by Crippen LogP contribution is -2.06. The summed E-state index contributed by atoms with van der Waals surface area (Å²) in [6.07, 6.45) is 0. The molecule has 0 atom stereocenters. The Bertz CT molecular complexity index is 668. The van der Waals surface area contributed by atoms with Crippen molar-refractivity contribution in [2.75, 3.05) is 12.4 Å². The average molecular weight is 287 g/mol. The molecule has 0 unspecified atom stereocenters. The Labute approximate surface area is 123 Å². The van der Waals surface area contributed by atoms with Gasteiger partial charge in [-0.1, -0.05) is 23.8 Å². The van der Waals surface area contributed by atoms with Crippen LogP contribution < -0.4 is 5.32 Å². The van der Waals surface area contributed by atoms with E-state index < -0.39 is 11.8 Å². The summed E-state index contributed by atoms with van der Waals surface area (Å²) >= 11 is 0. The molecule has 0 aliphatic heterocycles. The summed E-state index contributed by atoms with van der Waals surface area (Å²) < 4.78 is 18.4. The van der Waals surface area contributed by atoms with Crippen LogP contribution in [-0.4, -0.2) is 13.1 Å². The first-order valence-corrected chi connectivity index (χ1v) is 6.69. The zero-order chi connectivity index (χ0) is 15.4. The third kappa shape index (κ3) is 3.60. The summed E-state index contributed by atoms with van der Waals surface area (Å²) in [5, 5.41) is 3.03. The molecule has 2 rings (SSSR count). The van der Waals surface area contributed by atoms with Crippen LogP contribution in [0.2, 0.25) is 0 Å². The predicted octanol–water partition coefficient (Wildman–Crippen LogP) is 3.84. The molecule has 3 nitrogen and oxygen atoms in total. The van der Waals surface area contributed by atoms with E-state index >= 15 is 0 Å². The second-order valence-electron chi connectivity index (χ2n) is 4.97. The summed E-state index contributed by atoms with van der Waals surface area (Å²) in [6.45, 7) is 4.52. The molecule has 0 bridgehead atoms. The summed E-state index contributed by atoms with van der Waals surface area (Å²) in [6, 6.07) is 10.3. The second-order valence-corrected chi connectivity index (χ2v) is 4.97. The van der Waals surface area contributed by atoms with Crippen LogP contribution in [0.4, 0.5) is 10.1 Å². The fraction of sp³-hybridized carbons (Fsp3) is 0.235. The second kappa shape index (κ2) is 6.39. The topological polar surface area (TPSA) is 38.3 Å². The van der Waals surface area contributed by atoms with Crippen molar-refractivity contribution in [1.29, 1.82) is 0 Å². The molecule has 110 valence electrons. The van der Waals surface area contributed by atoms with Gasteiger partial charge in [-0.15, -0.1) is 0 Å². The summed E-state index contributed by atoms with van der Waals surface area (Å²) in [5.41, 5.74) is 4.00. The number of aryl methyl sites for hydroxylation is 2. The molecule has 0 amide bonds. The van der Waals surface area contributed by atoms with Crippen LogP contribution >= 0.6 is 0 Å². The molecule has 0 saturated carbocycles. The van der Waals surface area contributed by atoms with Gasteiger partial charge in [-0.3, -0.25) is 0 Å². The highest BCUT2D eigenvalue weighted by molar-refractivity contribution is 5.90. The van der Waals surface area contributed by atoms with Crippen LogP contribution in [-0.2, 0) is 11.3 Å².